The predicted molar refractivity (Wildman–Crippen MR) is 62.2 cm³/mol. The third kappa shape index (κ3) is 2.93. The van der Waals surface area contributed by atoms with Crippen LogP contribution in [0.15, 0.2) is 0 Å². The van der Waals surface area contributed by atoms with Crippen LogP contribution in [-0.4, -0.2) is 55.0 Å². The number of alkyl halides is 1. The van der Waals surface area contributed by atoms with Gasteiger partial charge in [0, 0.05) is 25.0 Å². The Morgan fingerprint density at radius 3 is 2.69 bits per heavy atom. The summed E-state index contributed by atoms with van der Waals surface area (Å²) in [5.41, 5.74) is 0. The van der Waals surface area contributed by atoms with Crippen LogP contribution in [0.25, 0.3) is 0 Å². The number of aliphatic hydroxyl groups is 1. The summed E-state index contributed by atoms with van der Waals surface area (Å²) in [5.74, 6) is 0.147. The van der Waals surface area contributed by atoms with Crippen molar-refractivity contribution < 1.29 is 9.50 Å². The van der Waals surface area contributed by atoms with Crippen molar-refractivity contribution in [3.8, 4) is 0 Å². The molecule has 2 N–H and O–H groups in total. The Kier molecular flexibility index (Phi) is 4.55. The Labute approximate surface area is 97.0 Å². The summed E-state index contributed by atoms with van der Waals surface area (Å²) < 4.78 is 12.4. The highest BCUT2D eigenvalue weighted by molar-refractivity contribution is 4.86. The van der Waals surface area contributed by atoms with E-state index >= 15 is 0 Å². The fraction of sp³-hybridized carbons (Fsp3) is 1.00. The van der Waals surface area contributed by atoms with E-state index in [2.05, 4.69) is 10.2 Å². The van der Waals surface area contributed by atoms with Crippen molar-refractivity contribution in [3.63, 3.8) is 0 Å². The van der Waals surface area contributed by atoms with E-state index in [1.165, 1.54) is 12.8 Å². The molecule has 0 aromatic heterocycles. The van der Waals surface area contributed by atoms with Crippen molar-refractivity contribution in [1.82, 2.24) is 10.2 Å². The highest BCUT2D eigenvalue weighted by Gasteiger charge is 2.31. The number of nitrogens with zero attached hydrogens (tertiary/aromatic N) is 1. The Morgan fingerprint density at radius 2 is 2.00 bits per heavy atom. The summed E-state index contributed by atoms with van der Waals surface area (Å²) in [6.07, 6.45) is 3.43. The molecule has 0 bridgehead atoms. The Morgan fingerprint density at radius 1 is 1.25 bits per heavy atom. The molecule has 2 aliphatic heterocycles. The number of rotatable bonds is 3. The summed E-state index contributed by atoms with van der Waals surface area (Å²) in [6, 6.07) is 0.649. The average Bonchev–Trinajstić information content (AvgIpc) is 2.33. The van der Waals surface area contributed by atoms with Gasteiger partial charge in [0.25, 0.3) is 0 Å². The van der Waals surface area contributed by atoms with E-state index in [4.69, 9.17) is 0 Å². The minimum Gasteiger partial charge on any atom is -0.393 e. The van der Waals surface area contributed by atoms with Gasteiger partial charge in [0.15, 0.2) is 0 Å². The van der Waals surface area contributed by atoms with E-state index in [0.717, 1.165) is 32.6 Å². The van der Waals surface area contributed by atoms with Crippen molar-refractivity contribution in [2.24, 2.45) is 5.92 Å². The third-order valence-corrected chi connectivity index (χ3v) is 4.03. The molecule has 0 spiro atoms. The molecule has 2 fully saturated rings. The second-order valence-corrected chi connectivity index (χ2v) is 5.07. The van der Waals surface area contributed by atoms with E-state index in [1.54, 1.807) is 0 Å². The number of halogens is 1. The van der Waals surface area contributed by atoms with Gasteiger partial charge in [-0.05, 0) is 38.8 Å². The molecule has 0 unspecified atom stereocenters. The summed E-state index contributed by atoms with van der Waals surface area (Å²) in [7, 11) is 0. The van der Waals surface area contributed by atoms with E-state index in [-0.39, 0.29) is 18.7 Å². The zero-order valence-corrected chi connectivity index (χ0v) is 9.87. The van der Waals surface area contributed by atoms with Crippen LogP contribution in [0.3, 0.4) is 0 Å². The van der Waals surface area contributed by atoms with E-state index < -0.39 is 0 Å². The standard InChI is InChI=1S/C12H23FN2O/c13-5-1-10-9-15(8-4-12(10)16)11-2-6-14-7-3-11/h10-12,14,16H,1-9H2/t10-,12+/m0/s1. The normalized spacial score (nSPS) is 34.1. The number of hydrogen-bond acceptors (Lipinski definition) is 3. The van der Waals surface area contributed by atoms with E-state index in [1.807, 2.05) is 0 Å². The number of nitrogens with one attached hydrogen (secondary N) is 1. The molecule has 0 aliphatic carbocycles. The first-order valence-electron chi connectivity index (χ1n) is 6.50. The molecular formula is C12H23FN2O. The number of likely N-dealkylation sites (tertiary alicyclic amines) is 1. The average molecular weight is 230 g/mol. The molecule has 0 aromatic rings. The molecule has 2 saturated heterocycles. The molecule has 2 rings (SSSR count). The summed E-state index contributed by atoms with van der Waals surface area (Å²) in [5, 5.41) is 13.2. The summed E-state index contributed by atoms with van der Waals surface area (Å²) in [6.45, 7) is 3.75. The molecule has 2 heterocycles. The highest BCUT2D eigenvalue weighted by atomic mass is 19.1. The zero-order chi connectivity index (χ0) is 11.4. The molecule has 4 heteroatoms. The molecule has 2 atom stereocenters. The largest absolute Gasteiger partial charge is 0.393 e. The Hall–Kier alpha value is -0.190. The van der Waals surface area contributed by atoms with Gasteiger partial charge in [-0.25, -0.2) is 0 Å². The molecule has 0 radical (unpaired) electrons. The lowest BCUT2D eigenvalue weighted by Crippen LogP contribution is -2.50. The van der Waals surface area contributed by atoms with Crippen LogP contribution in [0, 0.1) is 5.92 Å². The van der Waals surface area contributed by atoms with E-state index in [0.29, 0.717) is 12.5 Å². The molecule has 16 heavy (non-hydrogen) atoms. The lowest BCUT2D eigenvalue weighted by molar-refractivity contribution is -0.00127. The minimum atomic E-state index is -0.304. The number of piperidine rings is 2. The van der Waals surface area contributed by atoms with Crippen LogP contribution in [0.1, 0.15) is 25.7 Å². The Balaban J connectivity index is 1.86. The van der Waals surface area contributed by atoms with Gasteiger partial charge < -0.3 is 10.4 Å². The summed E-state index contributed by atoms with van der Waals surface area (Å²) >= 11 is 0. The van der Waals surface area contributed by atoms with E-state index in [9.17, 15) is 9.50 Å². The zero-order valence-electron chi connectivity index (χ0n) is 9.87. The van der Waals surface area contributed by atoms with Crippen LogP contribution in [0.4, 0.5) is 4.39 Å². The predicted octanol–water partition coefficient (Wildman–Crippen LogP) is 0.781. The van der Waals surface area contributed by atoms with Crippen LogP contribution in [0.5, 0.6) is 0 Å². The maximum atomic E-state index is 12.4. The lowest BCUT2D eigenvalue weighted by atomic mass is 9.90. The van der Waals surface area contributed by atoms with Gasteiger partial charge in [0.2, 0.25) is 0 Å². The quantitative estimate of drug-likeness (QED) is 0.752. The number of aliphatic hydroxyl groups excluding tert-OH is 1. The first kappa shape index (κ1) is 12.3. The molecule has 2 aliphatic rings. The van der Waals surface area contributed by atoms with Crippen LogP contribution >= 0.6 is 0 Å². The fourth-order valence-electron chi connectivity index (χ4n) is 2.98. The van der Waals surface area contributed by atoms with Gasteiger partial charge in [-0.1, -0.05) is 0 Å². The topological polar surface area (TPSA) is 35.5 Å². The molecule has 94 valence electrons. The second kappa shape index (κ2) is 5.94. The van der Waals surface area contributed by atoms with Crippen molar-refractivity contribution in [1.29, 1.82) is 0 Å². The molecule has 0 saturated carbocycles. The monoisotopic (exact) mass is 230 g/mol. The van der Waals surface area contributed by atoms with Gasteiger partial charge in [-0.2, -0.15) is 0 Å². The first-order chi connectivity index (χ1) is 7.81. The van der Waals surface area contributed by atoms with Gasteiger partial charge in [-0.3, -0.25) is 9.29 Å². The molecule has 0 amide bonds. The highest BCUT2D eigenvalue weighted by Crippen LogP contribution is 2.24. The SMILES string of the molecule is O[C@@H]1CCN(C2CCNCC2)C[C@@H]1CCF. The van der Waals surface area contributed by atoms with Gasteiger partial charge in [0.1, 0.15) is 0 Å². The first-order valence-corrected chi connectivity index (χ1v) is 6.50. The third-order valence-electron chi connectivity index (χ3n) is 4.03. The molecule has 0 aromatic carbocycles. The lowest BCUT2D eigenvalue weighted by Gasteiger charge is -2.42. The van der Waals surface area contributed by atoms with Crippen LogP contribution in [0.2, 0.25) is 0 Å². The molecular weight excluding hydrogens is 207 g/mol. The molecule has 3 nitrogen and oxygen atoms in total. The maximum Gasteiger partial charge on any atom is 0.0898 e. The van der Waals surface area contributed by atoms with Crippen LogP contribution < -0.4 is 5.32 Å². The Bertz CT molecular complexity index is 209. The van der Waals surface area contributed by atoms with Gasteiger partial charge in [-0.15, -0.1) is 0 Å². The second-order valence-electron chi connectivity index (χ2n) is 5.07. The fourth-order valence-corrected chi connectivity index (χ4v) is 2.98. The van der Waals surface area contributed by atoms with Crippen molar-refractivity contribution in [2.45, 2.75) is 37.8 Å². The smallest absolute Gasteiger partial charge is 0.0898 e. The van der Waals surface area contributed by atoms with Crippen molar-refractivity contribution in [3.05, 3.63) is 0 Å². The van der Waals surface area contributed by atoms with Crippen molar-refractivity contribution in [2.75, 3.05) is 32.9 Å². The van der Waals surface area contributed by atoms with Gasteiger partial charge in [0.05, 0.1) is 12.8 Å². The maximum absolute atomic E-state index is 12.4. The number of hydrogen-bond donors (Lipinski definition) is 2. The van der Waals surface area contributed by atoms with Gasteiger partial charge >= 0.3 is 0 Å². The summed E-state index contributed by atoms with van der Waals surface area (Å²) in [4.78, 5) is 2.47. The minimum absolute atomic E-state index is 0.147. The van der Waals surface area contributed by atoms with Crippen molar-refractivity contribution >= 4 is 0 Å². The van der Waals surface area contributed by atoms with Crippen LogP contribution in [-0.2, 0) is 0 Å².